The highest BCUT2D eigenvalue weighted by atomic mass is 16.7. The van der Waals surface area contributed by atoms with Crippen LogP contribution < -0.4 is 0 Å². The Morgan fingerprint density at radius 3 is 1.71 bits per heavy atom. The molecule has 1 fully saturated rings. The van der Waals surface area contributed by atoms with E-state index in [1.807, 2.05) is 0 Å². The lowest BCUT2D eigenvalue weighted by molar-refractivity contribution is -0.285. The van der Waals surface area contributed by atoms with Crippen molar-refractivity contribution in [3.8, 4) is 40.2 Å². The lowest BCUT2D eigenvalue weighted by atomic mass is 9.99. The van der Waals surface area contributed by atoms with Crippen LogP contribution in [0.25, 0.3) is 6.08 Å². The third kappa shape index (κ3) is 7.45. The van der Waals surface area contributed by atoms with Crippen molar-refractivity contribution >= 4 is 24.0 Å². The van der Waals surface area contributed by atoms with Crippen LogP contribution in [0, 0.1) is 0 Å². The van der Waals surface area contributed by atoms with Gasteiger partial charge in [-0.1, -0.05) is 12.1 Å². The maximum Gasteiger partial charge on any atom is 0.340 e. The second-order valence-electron chi connectivity index (χ2n) is 9.58. The molecule has 3 aromatic carbocycles. The fourth-order valence-corrected chi connectivity index (χ4v) is 4.03. The largest absolute Gasteiger partial charge is 0.508 e. The fourth-order valence-electron chi connectivity index (χ4n) is 4.03. The summed E-state index contributed by atoms with van der Waals surface area (Å²) in [6, 6.07) is 8.65. The SMILES string of the molecule is O=C(/C=C/c1ccc(O)cc1)OC[C@H]1O[C@@H](OC(=O)c2cc(O)c(O)c(O)c2)[C@H](OC(=O)c2cc(O)c(O)c(O)c2)[C@@H](O)[C@@H]1O. The van der Waals surface area contributed by atoms with E-state index in [4.69, 9.17) is 18.9 Å². The minimum absolute atomic E-state index is 0.00864. The number of carbonyl (C=O) groups is 3. The smallest absolute Gasteiger partial charge is 0.340 e. The van der Waals surface area contributed by atoms with Gasteiger partial charge in [0.25, 0.3) is 0 Å². The Morgan fingerprint density at radius 1 is 0.711 bits per heavy atom. The van der Waals surface area contributed by atoms with Gasteiger partial charge in [-0.3, -0.25) is 0 Å². The number of rotatable bonds is 8. The van der Waals surface area contributed by atoms with Gasteiger partial charge in [-0.05, 0) is 48.0 Å². The molecule has 0 aromatic heterocycles. The van der Waals surface area contributed by atoms with Gasteiger partial charge in [0, 0.05) is 6.08 Å². The van der Waals surface area contributed by atoms with E-state index < -0.39 is 101 Å². The van der Waals surface area contributed by atoms with Crippen molar-refractivity contribution in [3.63, 3.8) is 0 Å². The van der Waals surface area contributed by atoms with Crippen LogP contribution in [0.4, 0.5) is 0 Å². The minimum atomic E-state index is -2.07. The summed E-state index contributed by atoms with van der Waals surface area (Å²) in [6.45, 7) is -0.716. The first-order valence-electron chi connectivity index (χ1n) is 12.8. The van der Waals surface area contributed by atoms with Gasteiger partial charge in [0.2, 0.25) is 6.29 Å². The normalized spacial score (nSPS) is 21.2. The summed E-state index contributed by atoms with van der Waals surface area (Å²) in [5.74, 6) is -9.10. The van der Waals surface area contributed by atoms with E-state index in [9.17, 15) is 60.3 Å². The Morgan fingerprint density at radius 2 is 1.20 bits per heavy atom. The molecule has 0 spiro atoms. The Hall–Kier alpha value is -5.71. The number of phenolic OH excluding ortho intramolecular Hbond substituents is 7. The molecule has 0 bridgehead atoms. The van der Waals surface area contributed by atoms with Gasteiger partial charge in [-0.2, -0.15) is 0 Å². The Balaban J connectivity index is 1.54. The van der Waals surface area contributed by atoms with Crippen molar-refractivity contribution in [2.45, 2.75) is 30.7 Å². The number of esters is 3. The molecule has 0 saturated carbocycles. The number of benzene rings is 3. The zero-order chi connectivity index (χ0) is 33.0. The standard InChI is InChI=1S/C29H26O16/c30-15-4-1-12(2-5-15)3-6-21(35)42-11-20-24(38)25(39)26(44-27(40)13-7-16(31)22(36)17(32)8-13)29(43-20)45-28(41)14-9-18(33)23(37)19(34)10-14/h1-10,20,24-26,29-34,36-39H,11H2/b6-3+/t20-,24-,25+,26-,29+/m1/s1. The number of aliphatic hydroxyl groups is 2. The summed E-state index contributed by atoms with van der Waals surface area (Å²) in [7, 11) is 0. The predicted molar refractivity (Wildman–Crippen MR) is 146 cm³/mol. The molecule has 0 amide bonds. The summed E-state index contributed by atoms with van der Waals surface area (Å²) in [5, 5.41) is 88.9. The molecule has 3 aromatic rings. The lowest BCUT2D eigenvalue weighted by Gasteiger charge is -2.41. The number of aromatic hydroxyl groups is 7. The van der Waals surface area contributed by atoms with Crippen LogP contribution in [-0.2, 0) is 23.7 Å². The quantitative estimate of drug-likeness (QED) is 0.0717. The van der Waals surface area contributed by atoms with Gasteiger partial charge in [0.1, 0.15) is 30.7 Å². The number of hydrogen-bond acceptors (Lipinski definition) is 16. The average molecular weight is 631 g/mol. The summed E-state index contributed by atoms with van der Waals surface area (Å²) in [5.41, 5.74) is -0.542. The van der Waals surface area contributed by atoms with Gasteiger partial charge in [0.05, 0.1) is 11.1 Å². The van der Waals surface area contributed by atoms with E-state index in [-0.39, 0.29) is 5.75 Å². The van der Waals surface area contributed by atoms with Crippen molar-refractivity contribution in [1.29, 1.82) is 0 Å². The van der Waals surface area contributed by atoms with Crippen LogP contribution >= 0.6 is 0 Å². The average Bonchev–Trinajstić information content (AvgIpc) is 3.00. The van der Waals surface area contributed by atoms with Crippen LogP contribution in [0.1, 0.15) is 26.3 Å². The van der Waals surface area contributed by atoms with Crippen molar-refractivity contribution in [2.75, 3.05) is 6.61 Å². The fraction of sp³-hybridized carbons (Fsp3) is 0.207. The first kappa shape index (κ1) is 32.2. The molecule has 0 radical (unpaired) electrons. The molecule has 238 valence electrons. The molecule has 1 saturated heterocycles. The first-order valence-corrected chi connectivity index (χ1v) is 12.8. The molecule has 45 heavy (non-hydrogen) atoms. The third-order valence-electron chi connectivity index (χ3n) is 6.42. The molecular formula is C29H26O16. The summed E-state index contributed by atoms with van der Waals surface area (Å²) >= 11 is 0. The summed E-state index contributed by atoms with van der Waals surface area (Å²) in [6.07, 6.45) is -7.25. The number of hydrogen-bond donors (Lipinski definition) is 9. The van der Waals surface area contributed by atoms with Crippen LogP contribution in [0.2, 0.25) is 0 Å². The molecule has 1 heterocycles. The third-order valence-corrected chi connectivity index (χ3v) is 6.42. The number of phenols is 7. The Labute approximate surface area is 252 Å². The molecule has 0 unspecified atom stereocenters. The van der Waals surface area contributed by atoms with Crippen LogP contribution in [-0.4, -0.2) is 101 Å². The van der Waals surface area contributed by atoms with E-state index >= 15 is 0 Å². The van der Waals surface area contributed by atoms with Crippen molar-refractivity contribution in [1.82, 2.24) is 0 Å². The highest BCUT2D eigenvalue weighted by Gasteiger charge is 2.49. The maximum atomic E-state index is 12.9. The first-order chi connectivity index (χ1) is 21.2. The summed E-state index contributed by atoms with van der Waals surface area (Å²) < 4.78 is 20.9. The molecule has 4 rings (SSSR count). The second-order valence-corrected chi connectivity index (χ2v) is 9.58. The lowest BCUT2D eigenvalue weighted by Crippen LogP contribution is -2.61. The number of carbonyl (C=O) groups excluding carboxylic acids is 3. The molecule has 9 N–H and O–H groups in total. The second kappa shape index (κ2) is 13.3. The van der Waals surface area contributed by atoms with E-state index in [2.05, 4.69) is 0 Å². The minimum Gasteiger partial charge on any atom is -0.508 e. The Kier molecular flexibility index (Phi) is 9.51. The van der Waals surface area contributed by atoms with Crippen molar-refractivity contribution in [3.05, 3.63) is 71.3 Å². The molecular weight excluding hydrogens is 604 g/mol. The van der Waals surface area contributed by atoms with Crippen molar-refractivity contribution < 1.29 is 79.3 Å². The van der Waals surface area contributed by atoms with Crippen LogP contribution in [0.15, 0.2) is 54.6 Å². The van der Waals surface area contributed by atoms with E-state index in [0.29, 0.717) is 29.8 Å². The highest BCUT2D eigenvalue weighted by molar-refractivity contribution is 5.92. The monoisotopic (exact) mass is 630 g/mol. The zero-order valence-corrected chi connectivity index (χ0v) is 22.8. The van der Waals surface area contributed by atoms with E-state index in [0.717, 1.165) is 6.08 Å². The molecule has 1 aliphatic rings. The number of ether oxygens (including phenoxy) is 4. The molecule has 16 nitrogen and oxygen atoms in total. The maximum absolute atomic E-state index is 12.9. The Bertz CT molecular complexity index is 1570. The van der Waals surface area contributed by atoms with Gasteiger partial charge in [-0.25, -0.2) is 14.4 Å². The van der Waals surface area contributed by atoms with Crippen molar-refractivity contribution in [2.24, 2.45) is 0 Å². The topological polar surface area (TPSA) is 270 Å². The molecule has 0 aliphatic carbocycles. The van der Waals surface area contributed by atoms with E-state index in [1.54, 1.807) is 0 Å². The van der Waals surface area contributed by atoms with E-state index in [1.165, 1.54) is 30.3 Å². The molecule has 16 heteroatoms. The van der Waals surface area contributed by atoms with Crippen LogP contribution in [0.5, 0.6) is 40.2 Å². The van der Waals surface area contributed by atoms with Gasteiger partial charge < -0.3 is 64.9 Å². The van der Waals surface area contributed by atoms with Gasteiger partial charge >= 0.3 is 17.9 Å². The van der Waals surface area contributed by atoms with Crippen LogP contribution in [0.3, 0.4) is 0 Å². The summed E-state index contributed by atoms with van der Waals surface area (Å²) in [4.78, 5) is 37.9. The predicted octanol–water partition coefficient (Wildman–Crippen LogP) is 0.711. The molecule has 5 atom stereocenters. The number of aliphatic hydroxyl groups excluding tert-OH is 2. The van der Waals surface area contributed by atoms with Gasteiger partial charge in [-0.15, -0.1) is 0 Å². The zero-order valence-electron chi connectivity index (χ0n) is 22.8. The molecule has 1 aliphatic heterocycles. The highest BCUT2D eigenvalue weighted by Crippen LogP contribution is 2.37. The van der Waals surface area contributed by atoms with Gasteiger partial charge in [0.15, 0.2) is 40.6 Å².